The highest BCUT2D eigenvalue weighted by Crippen LogP contribution is 2.03. The molecule has 0 aliphatic carbocycles. The molecule has 0 unspecified atom stereocenters. The van der Waals surface area contributed by atoms with Crippen LogP contribution in [0.5, 0.6) is 0 Å². The van der Waals surface area contributed by atoms with Gasteiger partial charge in [0, 0.05) is 7.05 Å². The fourth-order valence-corrected chi connectivity index (χ4v) is 0.475. The molecule has 0 rings (SSSR count). The van der Waals surface area contributed by atoms with Crippen molar-refractivity contribution in [3.63, 3.8) is 0 Å². The van der Waals surface area contributed by atoms with E-state index < -0.39 is 6.43 Å². The van der Waals surface area contributed by atoms with Gasteiger partial charge in [0.1, 0.15) is 5.71 Å². The molecule has 0 saturated heterocycles. The molecular formula is C8H15F2N. The van der Waals surface area contributed by atoms with Gasteiger partial charge in [-0.05, 0) is 12.5 Å². The molecule has 0 radical (unpaired) electrons. The molecule has 0 fully saturated rings. The van der Waals surface area contributed by atoms with Crippen LogP contribution in [0.3, 0.4) is 0 Å². The van der Waals surface area contributed by atoms with Gasteiger partial charge in [0.15, 0.2) is 0 Å². The van der Waals surface area contributed by atoms with E-state index in [1.807, 2.05) is 13.8 Å². The van der Waals surface area contributed by atoms with E-state index in [9.17, 15) is 8.78 Å². The molecular weight excluding hydrogens is 148 g/mol. The predicted octanol–water partition coefficient (Wildman–Crippen LogP) is 2.92. The summed E-state index contributed by atoms with van der Waals surface area (Å²) < 4.78 is 23.5. The molecule has 3 heteroatoms. The Morgan fingerprint density at radius 1 is 1.36 bits per heavy atom. The van der Waals surface area contributed by atoms with Crippen molar-refractivity contribution in [2.24, 2.45) is 4.99 Å². The number of allylic oxidation sites excluding steroid dienone is 1. The van der Waals surface area contributed by atoms with Crippen LogP contribution in [0.15, 0.2) is 17.1 Å². The minimum atomic E-state index is -2.49. The first-order valence-corrected chi connectivity index (χ1v) is 3.50. The topological polar surface area (TPSA) is 12.4 Å². The molecule has 0 bridgehead atoms. The Morgan fingerprint density at radius 3 is 1.73 bits per heavy atom. The third-order valence-electron chi connectivity index (χ3n) is 0.885. The summed E-state index contributed by atoms with van der Waals surface area (Å²) in [5.74, 6) is 0. The second-order valence-electron chi connectivity index (χ2n) is 1.69. The Kier molecular flexibility index (Phi) is 8.65. The lowest BCUT2D eigenvalue weighted by Gasteiger charge is -2.00. The minimum Gasteiger partial charge on any atom is -0.287 e. The van der Waals surface area contributed by atoms with Crippen LogP contribution in [0.2, 0.25) is 0 Å². The lowest BCUT2D eigenvalue weighted by Crippen LogP contribution is -2.10. The van der Waals surface area contributed by atoms with Gasteiger partial charge < -0.3 is 0 Å². The van der Waals surface area contributed by atoms with Crippen molar-refractivity contribution in [1.29, 1.82) is 0 Å². The SMILES string of the molecule is C=C(C)C(=NC)C(F)F.CC. The second kappa shape index (κ2) is 7.38. The molecule has 66 valence electrons. The third kappa shape index (κ3) is 5.70. The van der Waals surface area contributed by atoms with Crippen LogP contribution in [0.4, 0.5) is 8.78 Å². The Bertz CT molecular complexity index is 139. The molecule has 0 saturated carbocycles. The molecule has 1 nitrogen and oxygen atoms in total. The second-order valence-corrected chi connectivity index (χ2v) is 1.69. The first-order valence-electron chi connectivity index (χ1n) is 3.50. The fraction of sp³-hybridized carbons (Fsp3) is 0.625. The van der Waals surface area contributed by atoms with E-state index >= 15 is 0 Å². The molecule has 0 aromatic carbocycles. The van der Waals surface area contributed by atoms with Crippen LogP contribution < -0.4 is 0 Å². The van der Waals surface area contributed by atoms with Gasteiger partial charge in [0.25, 0.3) is 6.43 Å². The van der Waals surface area contributed by atoms with Crippen molar-refractivity contribution in [2.45, 2.75) is 27.2 Å². The number of rotatable bonds is 2. The highest BCUT2D eigenvalue weighted by atomic mass is 19.3. The van der Waals surface area contributed by atoms with Gasteiger partial charge in [-0.2, -0.15) is 0 Å². The molecule has 0 heterocycles. The summed E-state index contributed by atoms with van der Waals surface area (Å²) in [6.45, 7) is 8.85. The molecule has 0 N–H and O–H groups in total. The van der Waals surface area contributed by atoms with Crippen LogP contribution in [0.1, 0.15) is 20.8 Å². The average Bonchev–Trinajstić information content (AvgIpc) is 1.91. The molecule has 0 atom stereocenters. The third-order valence-corrected chi connectivity index (χ3v) is 0.885. The quantitative estimate of drug-likeness (QED) is 0.555. The predicted molar refractivity (Wildman–Crippen MR) is 45.5 cm³/mol. The van der Waals surface area contributed by atoms with Crippen molar-refractivity contribution in [3.05, 3.63) is 12.2 Å². The largest absolute Gasteiger partial charge is 0.287 e. The zero-order chi connectivity index (χ0) is 9.44. The fourth-order valence-electron chi connectivity index (χ4n) is 0.475. The van der Waals surface area contributed by atoms with Crippen LogP contribution in [0, 0.1) is 0 Å². The van der Waals surface area contributed by atoms with Crippen LogP contribution in [0.25, 0.3) is 0 Å². The van der Waals surface area contributed by atoms with Gasteiger partial charge in [0.2, 0.25) is 0 Å². The van der Waals surface area contributed by atoms with Crippen molar-refractivity contribution in [3.8, 4) is 0 Å². The van der Waals surface area contributed by atoms with E-state index in [0.29, 0.717) is 5.57 Å². The zero-order valence-corrected chi connectivity index (χ0v) is 7.49. The highest BCUT2D eigenvalue weighted by Gasteiger charge is 2.11. The van der Waals surface area contributed by atoms with E-state index in [1.165, 1.54) is 14.0 Å². The number of hydrogen-bond acceptors (Lipinski definition) is 1. The van der Waals surface area contributed by atoms with E-state index in [2.05, 4.69) is 11.6 Å². The number of hydrogen-bond donors (Lipinski definition) is 0. The minimum absolute atomic E-state index is 0.213. The summed E-state index contributed by atoms with van der Waals surface area (Å²) in [5.41, 5.74) is 0.113. The molecule has 0 aromatic rings. The monoisotopic (exact) mass is 163 g/mol. The van der Waals surface area contributed by atoms with Crippen LogP contribution in [-0.4, -0.2) is 19.2 Å². The molecule has 11 heavy (non-hydrogen) atoms. The summed E-state index contributed by atoms with van der Waals surface area (Å²) in [5, 5.41) is 0. The van der Waals surface area contributed by atoms with Crippen molar-refractivity contribution in [2.75, 3.05) is 7.05 Å². The molecule has 0 spiro atoms. The maximum absolute atomic E-state index is 11.8. The van der Waals surface area contributed by atoms with Gasteiger partial charge in [-0.15, -0.1) is 0 Å². The van der Waals surface area contributed by atoms with Crippen LogP contribution in [-0.2, 0) is 0 Å². The van der Waals surface area contributed by atoms with Gasteiger partial charge in [0.05, 0.1) is 0 Å². The lowest BCUT2D eigenvalue weighted by atomic mass is 10.2. The Hall–Kier alpha value is -0.730. The number of nitrogens with zero attached hydrogens (tertiary/aromatic N) is 1. The smallest absolute Gasteiger partial charge is 0.280 e. The highest BCUT2D eigenvalue weighted by molar-refractivity contribution is 6.01. The van der Waals surface area contributed by atoms with Gasteiger partial charge in [-0.3, -0.25) is 4.99 Å². The van der Waals surface area contributed by atoms with E-state index in [-0.39, 0.29) is 5.71 Å². The van der Waals surface area contributed by atoms with Crippen molar-refractivity contribution in [1.82, 2.24) is 0 Å². The van der Waals surface area contributed by atoms with Crippen molar-refractivity contribution < 1.29 is 8.78 Å². The summed E-state index contributed by atoms with van der Waals surface area (Å²) in [6, 6.07) is 0. The van der Waals surface area contributed by atoms with Crippen LogP contribution >= 0.6 is 0 Å². The summed E-state index contributed by atoms with van der Waals surface area (Å²) >= 11 is 0. The molecule has 0 amide bonds. The van der Waals surface area contributed by atoms with E-state index in [0.717, 1.165) is 0 Å². The number of aliphatic imine (C=N–C) groups is 1. The number of halogens is 2. The first kappa shape index (κ1) is 12.9. The summed E-state index contributed by atoms with van der Waals surface area (Å²) in [4.78, 5) is 3.35. The summed E-state index contributed by atoms with van der Waals surface area (Å²) in [7, 11) is 1.33. The van der Waals surface area contributed by atoms with Gasteiger partial charge in [-0.1, -0.05) is 20.4 Å². The maximum Gasteiger partial charge on any atom is 0.280 e. The van der Waals surface area contributed by atoms with Gasteiger partial charge >= 0.3 is 0 Å². The average molecular weight is 163 g/mol. The van der Waals surface area contributed by atoms with Crippen molar-refractivity contribution >= 4 is 5.71 Å². The molecule has 0 aromatic heterocycles. The van der Waals surface area contributed by atoms with Gasteiger partial charge in [-0.25, -0.2) is 8.78 Å². The van der Waals surface area contributed by atoms with E-state index in [4.69, 9.17) is 0 Å². The summed E-state index contributed by atoms with van der Waals surface area (Å²) in [6.07, 6.45) is -2.49. The lowest BCUT2D eigenvalue weighted by molar-refractivity contribution is 0.226. The maximum atomic E-state index is 11.8. The normalized spacial score (nSPS) is 10.6. The Labute approximate surface area is 66.8 Å². The Balaban J connectivity index is 0. The Morgan fingerprint density at radius 2 is 1.73 bits per heavy atom. The standard InChI is InChI=1S/C6H9F2N.C2H6/c1-4(2)5(9-3)6(7)8;1-2/h6H,1H2,2-3H3;1-2H3. The molecule has 0 aliphatic rings. The number of alkyl halides is 2. The van der Waals surface area contributed by atoms with E-state index in [1.54, 1.807) is 0 Å². The zero-order valence-electron chi connectivity index (χ0n) is 7.49. The first-order chi connectivity index (χ1) is 5.09. The molecule has 0 aliphatic heterocycles.